The first-order valence-corrected chi connectivity index (χ1v) is 12.5. The number of amides is 2. The number of ether oxygens (including phenoxy) is 2. The van der Waals surface area contributed by atoms with Gasteiger partial charge in [-0.2, -0.15) is 0 Å². The fourth-order valence-corrected chi connectivity index (χ4v) is 5.00. The molecular formula is C30H28N2O6. The van der Waals surface area contributed by atoms with Crippen LogP contribution in [0, 0.1) is 6.92 Å². The Balaban J connectivity index is 1.68. The first-order valence-electron chi connectivity index (χ1n) is 12.5. The smallest absolute Gasteiger partial charge is 0.375 e. The molecule has 0 saturated heterocycles. The van der Waals surface area contributed by atoms with Gasteiger partial charge in [-0.25, -0.2) is 4.79 Å². The predicted molar refractivity (Wildman–Crippen MR) is 140 cm³/mol. The second-order valence-corrected chi connectivity index (χ2v) is 9.56. The van der Waals surface area contributed by atoms with Crippen molar-refractivity contribution in [1.29, 1.82) is 0 Å². The van der Waals surface area contributed by atoms with E-state index in [0.717, 1.165) is 29.2 Å². The van der Waals surface area contributed by atoms with Gasteiger partial charge in [-0.05, 0) is 55.4 Å². The molecular weight excluding hydrogens is 484 g/mol. The number of carboxylic acid groups (broad SMARTS) is 1. The molecule has 1 fully saturated rings. The SMILES string of the molecule is Cc1ccc(-c2ccccc2C(=O)N(C2CC2)C(C(N)=O)(C2=CC=CCC2)C2=COC(C(=O)O)=CO2)cc1. The van der Waals surface area contributed by atoms with Crippen LogP contribution in [0.2, 0.25) is 0 Å². The minimum Gasteiger partial charge on any atom is -0.475 e. The lowest BCUT2D eigenvalue weighted by Gasteiger charge is -2.44. The lowest BCUT2D eigenvalue weighted by atomic mass is 9.79. The Hall–Kier alpha value is -4.59. The molecule has 1 heterocycles. The third-order valence-electron chi connectivity index (χ3n) is 7.00. The number of nitrogens with zero attached hydrogens (tertiary/aromatic N) is 1. The van der Waals surface area contributed by atoms with E-state index >= 15 is 0 Å². The minimum absolute atomic E-state index is 0.0513. The van der Waals surface area contributed by atoms with E-state index in [-0.39, 0.29) is 17.7 Å². The highest BCUT2D eigenvalue weighted by atomic mass is 16.6. The molecule has 1 saturated carbocycles. The summed E-state index contributed by atoms with van der Waals surface area (Å²) in [5.41, 5.74) is 8.02. The van der Waals surface area contributed by atoms with Crippen molar-refractivity contribution in [3.8, 4) is 11.1 Å². The lowest BCUT2D eigenvalue weighted by molar-refractivity contribution is -0.136. The van der Waals surface area contributed by atoms with E-state index in [4.69, 9.17) is 15.2 Å². The van der Waals surface area contributed by atoms with Crippen LogP contribution in [0.15, 0.2) is 96.4 Å². The number of carbonyl (C=O) groups is 3. The molecule has 5 rings (SSSR count). The van der Waals surface area contributed by atoms with Crippen LogP contribution in [0.25, 0.3) is 11.1 Å². The molecule has 8 heteroatoms. The van der Waals surface area contributed by atoms with Crippen LogP contribution in [-0.2, 0) is 19.1 Å². The summed E-state index contributed by atoms with van der Waals surface area (Å²) < 4.78 is 11.1. The van der Waals surface area contributed by atoms with Crippen LogP contribution in [0.4, 0.5) is 0 Å². The van der Waals surface area contributed by atoms with Crippen molar-refractivity contribution in [2.24, 2.45) is 5.73 Å². The lowest BCUT2D eigenvalue weighted by Crippen LogP contribution is -2.63. The summed E-state index contributed by atoms with van der Waals surface area (Å²) in [7, 11) is 0. The number of aryl methyl sites for hydroxylation is 1. The molecule has 2 aromatic rings. The Kier molecular flexibility index (Phi) is 6.63. The van der Waals surface area contributed by atoms with Gasteiger partial charge in [0.05, 0.1) is 0 Å². The van der Waals surface area contributed by atoms with Crippen molar-refractivity contribution in [3.05, 3.63) is 108 Å². The molecule has 1 aliphatic heterocycles. The number of hydrogen-bond donors (Lipinski definition) is 2. The van der Waals surface area contributed by atoms with Crippen LogP contribution in [0.3, 0.4) is 0 Å². The van der Waals surface area contributed by atoms with Gasteiger partial charge in [0, 0.05) is 11.6 Å². The number of aliphatic carboxylic acids is 1. The molecule has 2 aromatic carbocycles. The standard InChI is InChI=1S/C30H28N2O6/c1-19-11-13-20(14-12-19)23-9-5-6-10-24(23)27(33)32(22-15-16-22)30(29(31)36,21-7-3-2-4-8-21)26-18-37-25(17-38-26)28(34)35/h2-3,5-7,9-14,17-18,22H,4,8,15-16H2,1H3,(H2,31,36)(H,34,35). The first-order chi connectivity index (χ1) is 18.3. The van der Waals surface area contributed by atoms with Crippen LogP contribution in [0.5, 0.6) is 0 Å². The summed E-state index contributed by atoms with van der Waals surface area (Å²) in [6, 6.07) is 14.9. The molecule has 2 amide bonds. The Morgan fingerprint density at radius 2 is 1.76 bits per heavy atom. The van der Waals surface area contributed by atoms with Crippen LogP contribution in [0.1, 0.15) is 41.6 Å². The average Bonchev–Trinajstić information content (AvgIpc) is 3.77. The van der Waals surface area contributed by atoms with E-state index in [1.54, 1.807) is 18.2 Å². The van der Waals surface area contributed by atoms with Crippen LogP contribution < -0.4 is 5.73 Å². The fourth-order valence-electron chi connectivity index (χ4n) is 5.00. The largest absolute Gasteiger partial charge is 0.475 e. The van der Waals surface area contributed by atoms with Gasteiger partial charge < -0.3 is 25.2 Å². The second kappa shape index (κ2) is 10.0. The number of nitrogens with two attached hydrogens (primary N) is 1. The molecule has 0 spiro atoms. The van der Waals surface area contributed by atoms with Crippen molar-refractivity contribution in [1.82, 2.24) is 4.90 Å². The highest BCUT2D eigenvalue weighted by Crippen LogP contribution is 2.46. The third-order valence-corrected chi connectivity index (χ3v) is 7.00. The fraction of sp³-hybridized carbons (Fsp3) is 0.233. The van der Waals surface area contributed by atoms with Crippen molar-refractivity contribution >= 4 is 17.8 Å². The molecule has 8 nitrogen and oxygen atoms in total. The maximum atomic E-state index is 14.5. The number of allylic oxidation sites excluding steroid dienone is 3. The molecule has 38 heavy (non-hydrogen) atoms. The van der Waals surface area contributed by atoms with Gasteiger partial charge in [0.1, 0.15) is 12.5 Å². The van der Waals surface area contributed by atoms with E-state index in [0.29, 0.717) is 36.8 Å². The summed E-state index contributed by atoms with van der Waals surface area (Å²) in [6.45, 7) is 1.99. The predicted octanol–water partition coefficient (Wildman–Crippen LogP) is 4.58. The highest BCUT2D eigenvalue weighted by molar-refractivity contribution is 6.06. The van der Waals surface area contributed by atoms with Gasteiger partial charge in [-0.3, -0.25) is 9.59 Å². The second-order valence-electron chi connectivity index (χ2n) is 9.56. The number of carboxylic acids is 1. The number of rotatable bonds is 8. The number of primary amides is 1. The molecule has 1 atom stereocenters. The van der Waals surface area contributed by atoms with Crippen LogP contribution in [-0.4, -0.2) is 39.4 Å². The zero-order valence-corrected chi connectivity index (χ0v) is 20.9. The molecule has 0 bridgehead atoms. The van der Waals surface area contributed by atoms with Crippen molar-refractivity contribution in [2.75, 3.05) is 0 Å². The Morgan fingerprint density at radius 1 is 1.03 bits per heavy atom. The monoisotopic (exact) mass is 512 g/mol. The molecule has 0 aromatic heterocycles. The van der Waals surface area contributed by atoms with Crippen molar-refractivity contribution in [3.63, 3.8) is 0 Å². The van der Waals surface area contributed by atoms with Gasteiger partial charge in [0.25, 0.3) is 11.8 Å². The molecule has 1 unspecified atom stereocenters. The quantitative estimate of drug-likeness (QED) is 0.534. The van der Waals surface area contributed by atoms with Crippen molar-refractivity contribution in [2.45, 2.75) is 44.2 Å². The zero-order valence-electron chi connectivity index (χ0n) is 20.9. The van der Waals surface area contributed by atoms with Gasteiger partial charge in [-0.15, -0.1) is 0 Å². The summed E-state index contributed by atoms with van der Waals surface area (Å²) in [5.74, 6) is -3.01. The van der Waals surface area contributed by atoms with Gasteiger partial charge in [-0.1, -0.05) is 66.3 Å². The minimum atomic E-state index is -1.82. The Bertz CT molecular complexity index is 1410. The number of benzene rings is 2. The summed E-state index contributed by atoms with van der Waals surface area (Å²) in [6.07, 6.45) is 9.98. The number of carbonyl (C=O) groups excluding carboxylic acids is 2. The molecule has 2 aliphatic carbocycles. The third kappa shape index (κ3) is 4.38. The average molecular weight is 513 g/mol. The van der Waals surface area contributed by atoms with E-state index in [1.165, 1.54) is 4.90 Å². The van der Waals surface area contributed by atoms with Gasteiger partial charge in [0.2, 0.25) is 11.3 Å². The first kappa shape index (κ1) is 25.1. The summed E-state index contributed by atoms with van der Waals surface area (Å²) >= 11 is 0. The van der Waals surface area contributed by atoms with Gasteiger partial charge in [0.15, 0.2) is 5.76 Å². The topological polar surface area (TPSA) is 119 Å². The maximum absolute atomic E-state index is 14.5. The molecule has 3 N–H and O–H groups in total. The molecule has 0 radical (unpaired) electrons. The highest BCUT2D eigenvalue weighted by Gasteiger charge is 2.58. The summed E-state index contributed by atoms with van der Waals surface area (Å²) in [5, 5.41) is 9.31. The molecule has 194 valence electrons. The van der Waals surface area contributed by atoms with Crippen LogP contribution >= 0.6 is 0 Å². The van der Waals surface area contributed by atoms with E-state index in [9.17, 15) is 19.5 Å². The Labute approximate surface area is 220 Å². The zero-order chi connectivity index (χ0) is 26.9. The Morgan fingerprint density at radius 3 is 2.34 bits per heavy atom. The van der Waals surface area contributed by atoms with E-state index in [1.807, 2.05) is 55.5 Å². The van der Waals surface area contributed by atoms with E-state index in [2.05, 4.69) is 0 Å². The normalized spacial score (nSPS) is 18.1. The van der Waals surface area contributed by atoms with E-state index < -0.39 is 23.2 Å². The van der Waals surface area contributed by atoms with Gasteiger partial charge >= 0.3 is 5.97 Å². The number of hydrogen-bond acceptors (Lipinski definition) is 5. The van der Waals surface area contributed by atoms with Crippen molar-refractivity contribution < 1.29 is 29.0 Å². The summed E-state index contributed by atoms with van der Waals surface area (Å²) in [4.78, 5) is 41.0. The maximum Gasteiger partial charge on any atom is 0.375 e. The molecule has 3 aliphatic rings.